The topological polar surface area (TPSA) is 104 Å². The minimum absolute atomic E-state index is 0.148. The molecule has 0 bridgehead atoms. The second-order valence-corrected chi connectivity index (χ2v) is 4.73. The SMILES string of the molecule is COCC(C)(C)Nc1nc(N)nc(-n2ccnc2)n1. The quantitative estimate of drug-likeness (QED) is 0.808. The van der Waals surface area contributed by atoms with Crippen molar-refractivity contribution in [1.82, 2.24) is 24.5 Å². The zero-order valence-corrected chi connectivity index (χ0v) is 11.2. The fraction of sp³-hybridized carbons (Fsp3) is 0.455. The van der Waals surface area contributed by atoms with Gasteiger partial charge in [-0.3, -0.25) is 4.57 Å². The molecule has 2 rings (SSSR count). The van der Waals surface area contributed by atoms with Crippen LogP contribution in [0.3, 0.4) is 0 Å². The number of hydrogen-bond donors (Lipinski definition) is 2. The van der Waals surface area contributed by atoms with Crippen molar-refractivity contribution in [2.45, 2.75) is 19.4 Å². The zero-order chi connectivity index (χ0) is 13.9. The van der Waals surface area contributed by atoms with E-state index in [1.807, 2.05) is 13.8 Å². The van der Waals surface area contributed by atoms with Crippen molar-refractivity contribution < 1.29 is 4.74 Å². The third-order valence-electron chi connectivity index (χ3n) is 2.33. The highest BCUT2D eigenvalue weighted by molar-refractivity contribution is 5.37. The summed E-state index contributed by atoms with van der Waals surface area (Å²) in [4.78, 5) is 16.4. The molecule has 0 aliphatic carbocycles. The number of nitrogen functional groups attached to an aromatic ring is 1. The number of ether oxygens (including phenoxy) is 1. The largest absolute Gasteiger partial charge is 0.382 e. The average molecular weight is 263 g/mol. The molecule has 0 saturated carbocycles. The van der Waals surface area contributed by atoms with Crippen LogP contribution in [0.15, 0.2) is 18.7 Å². The minimum atomic E-state index is -0.311. The first-order valence-electron chi connectivity index (χ1n) is 5.77. The highest BCUT2D eigenvalue weighted by Gasteiger charge is 2.19. The predicted octanol–water partition coefficient (Wildman–Crippen LogP) is 0.476. The molecule has 0 atom stereocenters. The fourth-order valence-electron chi connectivity index (χ4n) is 1.63. The summed E-state index contributed by atoms with van der Waals surface area (Å²) in [6, 6.07) is 0. The summed E-state index contributed by atoms with van der Waals surface area (Å²) >= 11 is 0. The van der Waals surface area contributed by atoms with E-state index < -0.39 is 0 Å². The van der Waals surface area contributed by atoms with Crippen LogP contribution in [-0.2, 0) is 4.74 Å². The van der Waals surface area contributed by atoms with Crippen LogP contribution in [0.4, 0.5) is 11.9 Å². The number of rotatable bonds is 5. The molecule has 0 unspecified atom stereocenters. The van der Waals surface area contributed by atoms with Crippen molar-refractivity contribution in [3.63, 3.8) is 0 Å². The first kappa shape index (κ1) is 13.2. The van der Waals surface area contributed by atoms with Gasteiger partial charge in [0.1, 0.15) is 6.33 Å². The number of nitrogens with one attached hydrogen (secondary N) is 1. The van der Waals surface area contributed by atoms with E-state index in [-0.39, 0.29) is 11.5 Å². The van der Waals surface area contributed by atoms with Crippen molar-refractivity contribution in [2.75, 3.05) is 24.8 Å². The van der Waals surface area contributed by atoms with Gasteiger partial charge in [-0.2, -0.15) is 15.0 Å². The van der Waals surface area contributed by atoms with Gasteiger partial charge in [0.15, 0.2) is 0 Å². The van der Waals surface area contributed by atoms with Crippen molar-refractivity contribution in [3.8, 4) is 5.95 Å². The standard InChI is InChI=1S/C11H17N7O/c1-11(2,6-19-3)17-9-14-8(12)15-10(16-9)18-5-4-13-7-18/h4-5,7H,6H2,1-3H3,(H3,12,14,15,16,17). The summed E-state index contributed by atoms with van der Waals surface area (Å²) in [6.45, 7) is 4.47. The van der Waals surface area contributed by atoms with Crippen LogP contribution in [0.25, 0.3) is 5.95 Å². The van der Waals surface area contributed by atoms with E-state index in [1.165, 1.54) is 0 Å². The molecule has 0 aromatic carbocycles. The van der Waals surface area contributed by atoms with Crippen LogP contribution in [0.1, 0.15) is 13.8 Å². The van der Waals surface area contributed by atoms with Crippen molar-refractivity contribution in [3.05, 3.63) is 18.7 Å². The van der Waals surface area contributed by atoms with E-state index in [2.05, 4.69) is 25.3 Å². The third-order valence-corrected chi connectivity index (χ3v) is 2.33. The summed E-state index contributed by atoms with van der Waals surface area (Å²) in [5, 5.41) is 3.16. The molecule has 8 nitrogen and oxygen atoms in total. The Bertz CT molecular complexity index is 538. The molecule has 0 radical (unpaired) electrons. The molecule has 2 heterocycles. The van der Waals surface area contributed by atoms with Gasteiger partial charge in [0, 0.05) is 19.5 Å². The van der Waals surface area contributed by atoms with Crippen molar-refractivity contribution >= 4 is 11.9 Å². The maximum Gasteiger partial charge on any atom is 0.241 e. The van der Waals surface area contributed by atoms with E-state index in [4.69, 9.17) is 10.5 Å². The molecule has 0 fully saturated rings. The molecule has 0 aliphatic heterocycles. The molecular weight excluding hydrogens is 246 g/mol. The molecular formula is C11H17N7O. The Balaban J connectivity index is 2.27. The average Bonchev–Trinajstić information content (AvgIpc) is 2.80. The Morgan fingerprint density at radius 3 is 2.79 bits per heavy atom. The molecule has 0 aliphatic rings. The molecule has 0 spiro atoms. The van der Waals surface area contributed by atoms with Crippen LogP contribution >= 0.6 is 0 Å². The predicted molar refractivity (Wildman–Crippen MR) is 70.9 cm³/mol. The van der Waals surface area contributed by atoms with Crippen LogP contribution in [0.2, 0.25) is 0 Å². The number of hydrogen-bond acceptors (Lipinski definition) is 7. The lowest BCUT2D eigenvalue weighted by Gasteiger charge is -2.25. The molecule has 8 heteroatoms. The van der Waals surface area contributed by atoms with Gasteiger partial charge in [-0.05, 0) is 13.8 Å². The highest BCUT2D eigenvalue weighted by atomic mass is 16.5. The van der Waals surface area contributed by atoms with Crippen LogP contribution in [0, 0.1) is 0 Å². The minimum Gasteiger partial charge on any atom is -0.382 e. The maximum absolute atomic E-state index is 5.69. The summed E-state index contributed by atoms with van der Waals surface area (Å²) in [7, 11) is 1.64. The van der Waals surface area contributed by atoms with Gasteiger partial charge < -0.3 is 15.8 Å². The zero-order valence-electron chi connectivity index (χ0n) is 11.2. The van der Waals surface area contributed by atoms with E-state index in [0.717, 1.165) is 0 Å². The third kappa shape index (κ3) is 3.38. The summed E-state index contributed by atoms with van der Waals surface area (Å²) in [5.41, 5.74) is 5.38. The van der Waals surface area contributed by atoms with Gasteiger partial charge in [-0.1, -0.05) is 0 Å². The Labute approximate surface area is 111 Å². The Morgan fingerprint density at radius 1 is 1.37 bits per heavy atom. The summed E-state index contributed by atoms with van der Waals surface area (Å²) < 4.78 is 6.79. The highest BCUT2D eigenvalue weighted by Crippen LogP contribution is 2.13. The summed E-state index contributed by atoms with van der Waals surface area (Å²) in [5.74, 6) is 0.966. The molecule has 19 heavy (non-hydrogen) atoms. The number of imidazole rings is 1. The lowest BCUT2D eigenvalue weighted by atomic mass is 10.1. The van der Waals surface area contributed by atoms with Crippen LogP contribution in [0.5, 0.6) is 0 Å². The Morgan fingerprint density at radius 2 is 2.16 bits per heavy atom. The van der Waals surface area contributed by atoms with Gasteiger partial charge in [0.05, 0.1) is 12.1 Å². The number of methoxy groups -OCH3 is 1. The lowest BCUT2D eigenvalue weighted by molar-refractivity contribution is 0.158. The Kier molecular flexibility index (Phi) is 3.61. The van der Waals surface area contributed by atoms with Crippen molar-refractivity contribution in [1.29, 1.82) is 0 Å². The number of aromatic nitrogens is 5. The number of anilines is 2. The monoisotopic (exact) mass is 263 g/mol. The molecule has 2 aromatic heterocycles. The van der Waals surface area contributed by atoms with Gasteiger partial charge in [0.25, 0.3) is 0 Å². The first-order chi connectivity index (χ1) is 9.00. The number of nitrogens with zero attached hydrogens (tertiary/aromatic N) is 5. The summed E-state index contributed by atoms with van der Waals surface area (Å²) in [6.07, 6.45) is 4.97. The molecule has 0 saturated heterocycles. The Hall–Kier alpha value is -2.22. The second kappa shape index (κ2) is 5.19. The van der Waals surface area contributed by atoms with Crippen molar-refractivity contribution in [2.24, 2.45) is 0 Å². The normalized spacial score (nSPS) is 11.5. The van der Waals surface area contributed by atoms with Gasteiger partial charge in [-0.25, -0.2) is 4.98 Å². The smallest absolute Gasteiger partial charge is 0.241 e. The van der Waals surface area contributed by atoms with E-state index >= 15 is 0 Å². The molecule has 0 amide bonds. The lowest BCUT2D eigenvalue weighted by Crippen LogP contribution is -2.36. The molecule has 2 aromatic rings. The molecule has 3 N–H and O–H groups in total. The van der Waals surface area contributed by atoms with Gasteiger partial charge in [-0.15, -0.1) is 0 Å². The first-order valence-corrected chi connectivity index (χ1v) is 5.77. The van der Waals surface area contributed by atoms with E-state index in [1.54, 1.807) is 30.4 Å². The van der Waals surface area contributed by atoms with Gasteiger partial charge >= 0.3 is 0 Å². The van der Waals surface area contributed by atoms with Crippen LogP contribution in [-0.4, -0.2) is 43.8 Å². The van der Waals surface area contributed by atoms with E-state index in [0.29, 0.717) is 18.5 Å². The fourth-order valence-corrected chi connectivity index (χ4v) is 1.63. The second-order valence-electron chi connectivity index (χ2n) is 4.73. The van der Waals surface area contributed by atoms with Crippen LogP contribution < -0.4 is 11.1 Å². The number of nitrogens with two attached hydrogens (primary N) is 1. The maximum atomic E-state index is 5.69. The molecule has 102 valence electrons. The van der Waals surface area contributed by atoms with Gasteiger partial charge in [0.2, 0.25) is 17.8 Å². The van der Waals surface area contributed by atoms with E-state index in [9.17, 15) is 0 Å².